The van der Waals surface area contributed by atoms with Gasteiger partial charge >= 0.3 is 0 Å². The van der Waals surface area contributed by atoms with Crippen LogP contribution in [0.4, 0.5) is 21.6 Å². The molecule has 0 saturated carbocycles. The average molecular weight is 378 g/mol. The van der Waals surface area contributed by atoms with Crippen molar-refractivity contribution >= 4 is 23.1 Å². The zero-order chi connectivity index (χ0) is 19.9. The lowest BCUT2D eigenvalue weighted by atomic mass is 10.1. The Morgan fingerprint density at radius 3 is 2.43 bits per heavy atom. The predicted molar refractivity (Wildman–Crippen MR) is 112 cm³/mol. The Morgan fingerprint density at radius 2 is 1.75 bits per heavy atom. The van der Waals surface area contributed by atoms with Gasteiger partial charge in [0.1, 0.15) is 11.6 Å². The average Bonchev–Trinajstić information content (AvgIpc) is 2.70. The van der Waals surface area contributed by atoms with Gasteiger partial charge < -0.3 is 15.5 Å². The van der Waals surface area contributed by atoms with Crippen LogP contribution in [0.15, 0.2) is 66.9 Å². The lowest BCUT2D eigenvalue weighted by molar-refractivity contribution is 0.102. The van der Waals surface area contributed by atoms with E-state index in [2.05, 4.69) is 15.6 Å². The molecule has 28 heavy (non-hydrogen) atoms. The van der Waals surface area contributed by atoms with Crippen LogP contribution < -0.4 is 15.5 Å². The molecular formula is C22H23FN4O. The lowest BCUT2D eigenvalue weighted by Crippen LogP contribution is -2.14. The molecule has 0 spiro atoms. The first-order valence-corrected chi connectivity index (χ1v) is 9.04. The molecule has 0 aliphatic carbocycles. The minimum Gasteiger partial charge on any atom is -0.378 e. The number of amides is 1. The molecule has 0 aliphatic rings. The number of pyridine rings is 1. The van der Waals surface area contributed by atoms with E-state index in [9.17, 15) is 9.18 Å². The highest BCUT2D eigenvalue weighted by Crippen LogP contribution is 2.17. The van der Waals surface area contributed by atoms with Gasteiger partial charge in [-0.25, -0.2) is 9.37 Å². The second-order valence-corrected chi connectivity index (χ2v) is 6.63. The smallest absolute Gasteiger partial charge is 0.255 e. The van der Waals surface area contributed by atoms with E-state index in [1.54, 1.807) is 30.5 Å². The highest BCUT2D eigenvalue weighted by molar-refractivity contribution is 6.04. The fourth-order valence-electron chi connectivity index (χ4n) is 2.70. The highest BCUT2D eigenvalue weighted by atomic mass is 19.1. The van der Waals surface area contributed by atoms with Gasteiger partial charge in [-0.05, 0) is 60.5 Å². The zero-order valence-electron chi connectivity index (χ0n) is 15.9. The van der Waals surface area contributed by atoms with Gasteiger partial charge in [-0.15, -0.1) is 0 Å². The van der Waals surface area contributed by atoms with Gasteiger partial charge in [0.2, 0.25) is 0 Å². The molecule has 2 aromatic carbocycles. The molecule has 5 nitrogen and oxygen atoms in total. The number of aromatic nitrogens is 1. The van der Waals surface area contributed by atoms with E-state index in [1.165, 1.54) is 12.1 Å². The van der Waals surface area contributed by atoms with Crippen molar-refractivity contribution in [2.45, 2.75) is 6.42 Å². The number of carbonyl (C=O) groups excluding carboxylic acids is 1. The van der Waals surface area contributed by atoms with Gasteiger partial charge in [0.15, 0.2) is 0 Å². The summed E-state index contributed by atoms with van der Waals surface area (Å²) < 4.78 is 12.9. The molecule has 1 amide bonds. The molecule has 0 radical (unpaired) electrons. The number of hydrogen-bond donors (Lipinski definition) is 2. The van der Waals surface area contributed by atoms with Crippen molar-refractivity contribution in [3.05, 3.63) is 83.8 Å². The number of hydrogen-bond acceptors (Lipinski definition) is 4. The predicted octanol–water partition coefficient (Wildman–Crippen LogP) is 4.19. The van der Waals surface area contributed by atoms with E-state index in [0.717, 1.165) is 23.4 Å². The molecule has 3 rings (SSSR count). The second kappa shape index (κ2) is 8.99. The van der Waals surface area contributed by atoms with Gasteiger partial charge in [-0.2, -0.15) is 0 Å². The summed E-state index contributed by atoms with van der Waals surface area (Å²) in [7, 11) is 3.93. The maximum Gasteiger partial charge on any atom is 0.255 e. The monoisotopic (exact) mass is 378 g/mol. The summed E-state index contributed by atoms with van der Waals surface area (Å²) in [4.78, 5) is 18.7. The van der Waals surface area contributed by atoms with Crippen molar-refractivity contribution in [3.8, 4) is 0 Å². The molecule has 6 heteroatoms. The molecule has 0 aliphatic heterocycles. The summed E-state index contributed by atoms with van der Waals surface area (Å²) in [6.07, 6.45) is 2.33. The van der Waals surface area contributed by atoms with Crippen LogP contribution in [0.2, 0.25) is 0 Å². The van der Waals surface area contributed by atoms with E-state index in [-0.39, 0.29) is 11.7 Å². The molecule has 0 bridgehead atoms. The number of carbonyl (C=O) groups is 1. The van der Waals surface area contributed by atoms with Gasteiger partial charge in [-0.1, -0.05) is 12.1 Å². The van der Waals surface area contributed by atoms with E-state index in [0.29, 0.717) is 17.9 Å². The summed E-state index contributed by atoms with van der Waals surface area (Å²) >= 11 is 0. The van der Waals surface area contributed by atoms with Crippen molar-refractivity contribution in [2.24, 2.45) is 0 Å². The zero-order valence-corrected chi connectivity index (χ0v) is 15.9. The topological polar surface area (TPSA) is 57.3 Å². The van der Waals surface area contributed by atoms with E-state index < -0.39 is 0 Å². The van der Waals surface area contributed by atoms with E-state index in [4.69, 9.17) is 0 Å². The Labute approximate surface area is 164 Å². The number of benzene rings is 2. The quantitative estimate of drug-likeness (QED) is 0.647. The molecule has 0 unspecified atom stereocenters. The largest absolute Gasteiger partial charge is 0.378 e. The van der Waals surface area contributed by atoms with Crippen LogP contribution in [0.3, 0.4) is 0 Å². The third-order valence-corrected chi connectivity index (χ3v) is 4.30. The fraction of sp³-hybridized carbons (Fsp3) is 0.182. The fourth-order valence-corrected chi connectivity index (χ4v) is 2.70. The van der Waals surface area contributed by atoms with Gasteiger partial charge in [0, 0.05) is 43.8 Å². The second-order valence-electron chi connectivity index (χ2n) is 6.63. The number of rotatable bonds is 7. The molecule has 3 aromatic rings. The van der Waals surface area contributed by atoms with Crippen LogP contribution in [0, 0.1) is 5.82 Å². The summed E-state index contributed by atoms with van der Waals surface area (Å²) in [5.41, 5.74) is 3.35. The van der Waals surface area contributed by atoms with Gasteiger partial charge in [0.25, 0.3) is 5.91 Å². The Hall–Kier alpha value is -3.41. The molecule has 1 aromatic heterocycles. The number of nitrogens with one attached hydrogen (secondary N) is 2. The number of nitrogens with zero attached hydrogens (tertiary/aromatic N) is 2. The van der Waals surface area contributed by atoms with Crippen LogP contribution in [-0.2, 0) is 6.42 Å². The summed E-state index contributed by atoms with van der Waals surface area (Å²) in [6, 6.07) is 17.4. The minimum absolute atomic E-state index is 0.193. The van der Waals surface area contributed by atoms with Crippen molar-refractivity contribution < 1.29 is 9.18 Å². The normalized spacial score (nSPS) is 10.4. The van der Waals surface area contributed by atoms with Crippen LogP contribution in [0.25, 0.3) is 0 Å². The van der Waals surface area contributed by atoms with Crippen LogP contribution >= 0.6 is 0 Å². The third kappa shape index (κ3) is 5.30. The number of halogens is 1. The SMILES string of the molecule is CN(C)c1ccc(NC(=O)c2ccnc(NCCc3ccc(F)cc3)c2)cc1. The summed E-state index contributed by atoms with van der Waals surface area (Å²) in [6.45, 7) is 0.635. The lowest BCUT2D eigenvalue weighted by Gasteiger charge is -2.13. The molecule has 0 saturated heterocycles. The molecule has 0 atom stereocenters. The first-order chi connectivity index (χ1) is 13.5. The van der Waals surface area contributed by atoms with Crippen molar-refractivity contribution in [1.82, 2.24) is 4.98 Å². The molecular weight excluding hydrogens is 355 g/mol. The summed E-state index contributed by atoms with van der Waals surface area (Å²) in [5, 5.41) is 6.09. The van der Waals surface area contributed by atoms with Crippen molar-refractivity contribution in [2.75, 3.05) is 36.2 Å². The first kappa shape index (κ1) is 19.4. The van der Waals surface area contributed by atoms with Crippen molar-refractivity contribution in [3.63, 3.8) is 0 Å². The van der Waals surface area contributed by atoms with Gasteiger partial charge in [-0.3, -0.25) is 4.79 Å². The molecule has 144 valence electrons. The number of anilines is 3. The molecule has 2 N–H and O–H groups in total. The first-order valence-electron chi connectivity index (χ1n) is 9.04. The molecule has 0 fully saturated rings. The third-order valence-electron chi connectivity index (χ3n) is 4.30. The Kier molecular flexibility index (Phi) is 6.22. The minimum atomic E-state index is -0.242. The molecule has 1 heterocycles. The van der Waals surface area contributed by atoms with Crippen LogP contribution in [0.1, 0.15) is 15.9 Å². The Morgan fingerprint density at radius 1 is 1.04 bits per heavy atom. The van der Waals surface area contributed by atoms with Crippen molar-refractivity contribution in [1.29, 1.82) is 0 Å². The maximum atomic E-state index is 12.9. The highest BCUT2D eigenvalue weighted by Gasteiger charge is 2.08. The summed E-state index contributed by atoms with van der Waals surface area (Å²) in [5.74, 6) is 0.188. The maximum absolute atomic E-state index is 12.9. The van der Waals surface area contributed by atoms with E-state index >= 15 is 0 Å². The van der Waals surface area contributed by atoms with Crippen LogP contribution in [-0.4, -0.2) is 31.5 Å². The Balaban J connectivity index is 1.57. The van der Waals surface area contributed by atoms with Crippen LogP contribution in [0.5, 0.6) is 0 Å². The Bertz CT molecular complexity index is 924. The standard InChI is InChI=1S/C22H23FN4O/c1-27(2)20-9-7-19(8-10-20)26-22(28)17-12-14-25-21(15-17)24-13-11-16-3-5-18(23)6-4-16/h3-10,12,14-15H,11,13H2,1-2H3,(H,24,25)(H,26,28). The van der Waals surface area contributed by atoms with E-state index in [1.807, 2.05) is 43.3 Å². The van der Waals surface area contributed by atoms with Gasteiger partial charge in [0.05, 0.1) is 0 Å².